The fraction of sp³-hybridized carbons (Fsp3) is 0.500. The van der Waals surface area contributed by atoms with Gasteiger partial charge in [-0.1, -0.05) is 35.9 Å². The van der Waals surface area contributed by atoms with E-state index in [1.807, 2.05) is 52.9 Å². The Bertz CT molecular complexity index is 1360. The minimum atomic E-state index is -0.730. The van der Waals surface area contributed by atoms with Crippen molar-refractivity contribution in [2.24, 2.45) is 0 Å². The highest BCUT2D eigenvalue weighted by Gasteiger charge is 2.55. The van der Waals surface area contributed by atoms with Crippen molar-refractivity contribution in [3.63, 3.8) is 0 Å². The molecule has 3 aromatic rings. The molecular formula is C26H29BrCl2N4O4. The summed E-state index contributed by atoms with van der Waals surface area (Å²) in [5.74, 6) is -0.672. The molecule has 1 saturated heterocycles. The number of nitrogens with one attached hydrogen (secondary N) is 1. The molecule has 198 valence electrons. The number of aromatic nitrogens is 3. The second-order valence-electron chi connectivity index (χ2n) is 10.9. The van der Waals surface area contributed by atoms with Crippen LogP contribution in [0.4, 0.5) is 4.79 Å². The third-order valence-electron chi connectivity index (χ3n) is 6.56. The zero-order valence-electron chi connectivity index (χ0n) is 21.2. The molecule has 1 saturated carbocycles. The summed E-state index contributed by atoms with van der Waals surface area (Å²) in [6.07, 6.45) is 1.89. The number of amides is 1. The van der Waals surface area contributed by atoms with E-state index in [0.717, 1.165) is 22.0 Å². The lowest BCUT2D eigenvalue weighted by atomic mass is 9.93. The number of fused-ring (bicyclic) bond motifs is 2. The van der Waals surface area contributed by atoms with Gasteiger partial charge in [0.15, 0.2) is 5.79 Å². The van der Waals surface area contributed by atoms with Crippen LogP contribution in [0.5, 0.6) is 0 Å². The highest BCUT2D eigenvalue weighted by atomic mass is 79.9. The van der Waals surface area contributed by atoms with Gasteiger partial charge in [-0.15, -0.1) is 0 Å². The van der Waals surface area contributed by atoms with E-state index in [0.29, 0.717) is 22.7 Å². The summed E-state index contributed by atoms with van der Waals surface area (Å²) in [6, 6.07) is 8.11. The van der Waals surface area contributed by atoms with Gasteiger partial charge in [-0.05, 0) is 79.7 Å². The van der Waals surface area contributed by atoms with Crippen molar-refractivity contribution in [2.75, 3.05) is 0 Å². The number of benzene rings is 1. The summed E-state index contributed by atoms with van der Waals surface area (Å²) in [4.78, 5) is 20.7. The lowest BCUT2D eigenvalue weighted by molar-refractivity contribution is -0.157. The maximum absolute atomic E-state index is 12.1. The van der Waals surface area contributed by atoms with Gasteiger partial charge in [0, 0.05) is 23.1 Å². The molecule has 8 nitrogen and oxygen atoms in total. The Balaban J connectivity index is 1.45. The number of carbonyl (C=O) groups is 1. The predicted molar refractivity (Wildman–Crippen MR) is 145 cm³/mol. The monoisotopic (exact) mass is 610 g/mol. The zero-order valence-corrected chi connectivity index (χ0v) is 24.3. The molecule has 1 amide bonds. The largest absolute Gasteiger partial charge is 0.444 e. The summed E-state index contributed by atoms with van der Waals surface area (Å²) < 4.78 is 21.1. The number of nitrogens with zero attached hydrogens (tertiary/aromatic N) is 3. The van der Waals surface area contributed by atoms with Crippen LogP contribution in [0.15, 0.2) is 34.9 Å². The Morgan fingerprint density at radius 1 is 1.24 bits per heavy atom. The number of ether oxygens (including phenoxy) is 3. The van der Waals surface area contributed by atoms with Crippen molar-refractivity contribution in [1.82, 2.24) is 19.9 Å². The quantitative estimate of drug-likeness (QED) is 0.259. The number of hydrogen-bond donors (Lipinski definition) is 1. The van der Waals surface area contributed by atoms with Crippen LogP contribution in [0.2, 0.25) is 10.4 Å². The van der Waals surface area contributed by atoms with Gasteiger partial charge in [-0.2, -0.15) is 4.98 Å². The van der Waals surface area contributed by atoms with E-state index < -0.39 is 17.5 Å². The van der Waals surface area contributed by atoms with Crippen LogP contribution in [0, 0.1) is 0 Å². The molecule has 2 fully saturated rings. The molecule has 5 rings (SSSR count). The summed E-state index contributed by atoms with van der Waals surface area (Å²) in [7, 11) is 0. The van der Waals surface area contributed by atoms with Crippen LogP contribution in [0.3, 0.4) is 0 Å². The Morgan fingerprint density at radius 2 is 1.97 bits per heavy atom. The standard InChI is InChI=1S/C26H29BrCl2N4O4/c1-25(2,3)37-24(34)30-11-13-7-6-8-14(9-13)15-10-17(20-19(15)35-26(4,5)36-20)33-12-16(27)18-21(28)31-23(29)32-22(18)33/h6-9,12,15,17,19-20H,10-11H2,1-5H3,(H,30,34)/t15-,17-,19-,20+/m1/s1. The summed E-state index contributed by atoms with van der Waals surface area (Å²) in [5.41, 5.74) is 2.18. The average molecular weight is 612 g/mol. The normalized spacial score (nSPS) is 24.9. The third kappa shape index (κ3) is 5.47. The van der Waals surface area contributed by atoms with Gasteiger partial charge in [0.2, 0.25) is 5.28 Å². The van der Waals surface area contributed by atoms with Crippen LogP contribution in [0.1, 0.15) is 64.1 Å². The molecule has 1 aromatic carbocycles. The maximum Gasteiger partial charge on any atom is 0.407 e. The van der Waals surface area contributed by atoms with Gasteiger partial charge in [-0.3, -0.25) is 0 Å². The van der Waals surface area contributed by atoms with Crippen molar-refractivity contribution >= 4 is 56.3 Å². The van der Waals surface area contributed by atoms with Crippen molar-refractivity contribution < 1.29 is 19.0 Å². The summed E-state index contributed by atoms with van der Waals surface area (Å²) in [5, 5.41) is 3.92. The molecule has 3 heterocycles. The van der Waals surface area contributed by atoms with E-state index in [-0.39, 0.29) is 29.5 Å². The molecule has 0 bridgehead atoms. The highest BCUT2D eigenvalue weighted by Crippen LogP contribution is 2.52. The molecule has 37 heavy (non-hydrogen) atoms. The van der Waals surface area contributed by atoms with Crippen molar-refractivity contribution in [1.29, 1.82) is 0 Å². The van der Waals surface area contributed by atoms with Gasteiger partial charge >= 0.3 is 6.09 Å². The summed E-state index contributed by atoms with van der Waals surface area (Å²) in [6.45, 7) is 9.74. The van der Waals surface area contributed by atoms with Crippen LogP contribution >= 0.6 is 39.1 Å². The predicted octanol–water partition coefficient (Wildman–Crippen LogP) is 6.77. The number of rotatable bonds is 4. The van der Waals surface area contributed by atoms with E-state index in [2.05, 4.69) is 47.9 Å². The fourth-order valence-electron chi connectivity index (χ4n) is 5.26. The number of alkyl carbamates (subject to hydrolysis) is 1. The average Bonchev–Trinajstić information content (AvgIpc) is 3.39. The second kappa shape index (κ2) is 9.68. The van der Waals surface area contributed by atoms with Gasteiger partial charge in [-0.25, -0.2) is 9.78 Å². The Kier molecular flexibility index (Phi) is 6.98. The number of hydrogen-bond acceptors (Lipinski definition) is 6. The molecule has 11 heteroatoms. The van der Waals surface area contributed by atoms with Crippen molar-refractivity contribution in [3.8, 4) is 0 Å². The van der Waals surface area contributed by atoms with E-state index in [9.17, 15) is 4.79 Å². The van der Waals surface area contributed by atoms with Crippen LogP contribution in [0.25, 0.3) is 11.0 Å². The van der Waals surface area contributed by atoms with E-state index in [4.69, 9.17) is 37.4 Å². The van der Waals surface area contributed by atoms with Crippen molar-refractivity contribution in [3.05, 3.63) is 56.5 Å². The lowest BCUT2D eigenvalue weighted by Gasteiger charge is -2.25. The molecule has 2 aromatic heterocycles. The molecule has 1 aliphatic heterocycles. The minimum Gasteiger partial charge on any atom is -0.444 e. The lowest BCUT2D eigenvalue weighted by Crippen LogP contribution is -2.32. The molecule has 0 radical (unpaired) electrons. The van der Waals surface area contributed by atoms with Crippen LogP contribution < -0.4 is 5.32 Å². The molecule has 4 atom stereocenters. The molecule has 1 aliphatic carbocycles. The number of halogens is 3. The van der Waals surface area contributed by atoms with E-state index in [1.54, 1.807) is 0 Å². The third-order valence-corrected chi connectivity index (χ3v) is 7.61. The molecule has 1 N–H and O–H groups in total. The molecule has 2 aliphatic rings. The van der Waals surface area contributed by atoms with Crippen LogP contribution in [-0.4, -0.2) is 44.2 Å². The first-order chi connectivity index (χ1) is 17.3. The Hall–Kier alpha value is -1.91. The topological polar surface area (TPSA) is 87.5 Å². The second-order valence-corrected chi connectivity index (χ2v) is 12.5. The first-order valence-corrected chi connectivity index (χ1v) is 13.7. The summed E-state index contributed by atoms with van der Waals surface area (Å²) >= 11 is 16.2. The SMILES string of the molecule is CC(C)(C)OC(=O)NCc1cccc([C@H]2C[C@@H](n3cc(Br)c4c(Cl)nc(Cl)nc43)[C@@H]3OC(C)(C)O[C@@H]32)c1. The smallest absolute Gasteiger partial charge is 0.407 e. The molecule has 0 spiro atoms. The highest BCUT2D eigenvalue weighted by molar-refractivity contribution is 9.10. The zero-order chi connectivity index (χ0) is 26.7. The fourth-order valence-corrected chi connectivity index (χ4v) is 6.44. The Labute approximate surface area is 234 Å². The maximum atomic E-state index is 12.1. The number of carbonyl (C=O) groups excluding carboxylic acids is 1. The first kappa shape index (κ1) is 26.7. The molecule has 0 unspecified atom stereocenters. The minimum absolute atomic E-state index is 0.0576. The van der Waals surface area contributed by atoms with Crippen molar-refractivity contribution in [2.45, 2.75) is 83.1 Å². The van der Waals surface area contributed by atoms with E-state index >= 15 is 0 Å². The van der Waals surface area contributed by atoms with E-state index in [1.165, 1.54) is 0 Å². The Morgan fingerprint density at radius 3 is 2.70 bits per heavy atom. The van der Waals surface area contributed by atoms with Gasteiger partial charge in [0.25, 0.3) is 0 Å². The van der Waals surface area contributed by atoms with Gasteiger partial charge < -0.3 is 24.1 Å². The first-order valence-electron chi connectivity index (χ1n) is 12.1. The molecular weight excluding hydrogens is 583 g/mol. The van der Waals surface area contributed by atoms with Gasteiger partial charge in [0.1, 0.15) is 22.5 Å². The van der Waals surface area contributed by atoms with Crippen LogP contribution in [-0.2, 0) is 20.8 Å². The van der Waals surface area contributed by atoms with Gasteiger partial charge in [0.05, 0.1) is 17.5 Å².